The van der Waals surface area contributed by atoms with Crippen LogP contribution in [0.15, 0.2) is 18.3 Å². The molecule has 6 nitrogen and oxygen atoms in total. The summed E-state index contributed by atoms with van der Waals surface area (Å²) in [6.07, 6.45) is 1.80. The molecule has 2 aromatic rings. The van der Waals surface area contributed by atoms with Crippen molar-refractivity contribution in [2.45, 2.75) is 6.54 Å². The van der Waals surface area contributed by atoms with Crippen LogP contribution in [0.1, 0.15) is 16.3 Å². The molecule has 2 N–H and O–H groups in total. The van der Waals surface area contributed by atoms with E-state index in [4.69, 9.17) is 11.6 Å². The van der Waals surface area contributed by atoms with Gasteiger partial charge in [-0.2, -0.15) is 0 Å². The molecular formula is C13H15ClN4O2. The summed E-state index contributed by atoms with van der Waals surface area (Å²) < 4.78 is 1.77. The second-order valence-corrected chi connectivity index (χ2v) is 5.19. The molecule has 2 aromatic heterocycles. The van der Waals surface area contributed by atoms with Crippen molar-refractivity contribution < 1.29 is 9.90 Å². The Bertz CT molecular complexity index is 649. The molecule has 0 bridgehead atoms. The lowest BCUT2D eigenvalue weighted by atomic mass is 10.3. The number of halogens is 1. The zero-order valence-corrected chi connectivity index (χ0v) is 11.6. The van der Waals surface area contributed by atoms with E-state index < -0.39 is 5.97 Å². The highest BCUT2D eigenvalue weighted by Gasteiger charge is 2.20. The highest BCUT2D eigenvalue weighted by Crippen LogP contribution is 2.23. The van der Waals surface area contributed by atoms with Gasteiger partial charge in [0.25, 0.3) is 0 Å². The van der Waals surface area contributed by atoms with Crippen LogP contribution < -0.4 is 5.32 Å². The normalized spacial score (nSPS) is 16.6. The van der Waals surface area contributed by atoms with Crippen LogP contribution >= 0.6 is 11.6 Å². The van der Waals surface area contributed by atoms with Crippen LogP contribution in [0.25, 0.3) is 5.52 Å². The van der Waals surface area contributed by atoms with Crippen molar-refractivity contribution in [1.29, 1.82) is 0 Å². The molecule has 0 aliphatic carbocycles. The van der Waals surface area contributed by atoms with Gasteiger partial charge in [-0.1, -0.05) is 11.6 Å². The fourth-order valence-corrected chi connectivity index (χ4v) is 2.74. The van der Waals surface area contributed by atoms with Crippen molar-refractivity contribution >= 4 is 23.1 Å². The molecule has 3 rings (SSSR count). The summed E-state index contributed by atoms with van der Waals surface area (Å²) in [7, 11) is 0. The van der Waals surface area contributed by atoms with E-state index in [9.17, 15) is 9.90 Å². The number of nitrogens with one attached hydrogen (secondary N) is 1. The number of rotatable bonds is 3. The number of carboxylic acid groups (broad SMARTS) is 1. The van der Waals surface area contributed by atoms with E-state index in [-0.39, 0.29) is 5.69 Å². The number of hydrogen-bond acceptors (Lipinski definition) is 4. The van der Waals surface area contributed by atoms with Crippen LogP contribution in [0.2, 0.25) is 5.02 Å². The first kappa shape index (κ1) is 13.4. The molecule has 1 aliphatic rings. The van der Waals surface area contributed by atoms with Gasteiger partial charge in [0, 0.05) is 32.4 Å². The van der Waals surface area contributed by atoms with Crippen molar-refractivity contribution in [2.24, 2.45) is 0 Å². The van der Waals surface area contributed by atoms with Crippen LogP contribution in [0.4, 0.5) is 0 Å². The van der Waals surface area contributed by atoms with Crippen LogP contribution in [0, 0.1) is 0 Å². The lowest BCUT2D eigenvalue weighted by molar-refractivity contribution is 0.0693. The molecule has 0 aromatic carbocycles. The molecule has 20 heavy (non-hydrogen) atoms. The Kier molecular flexibility index (Phi) is 3.60. The second-order valence-electron chi connectivity index (χ2n) is 4.78. The smallest absolute Gasteiger partial charge is 0.356 e. The zero-order chi connectivity index (χ0) is 14.1. The lowest BCUT2D eigenvalue weighted by Crippen LogP contribution is -2.43. The van der Waals surface area contributed by atoms with Gasteiger partial charge in [0.2, 0.25) is 0 Å². The lowest BCUT2D eigenvalue weighted by Gasteiger charge is -2.26. The first-order valence-electron chi connectivity index (χ1n) is 6.48. The number of imidazole rings is 1. The summed E-state index contributed by atoms with van der Waals surface area (Å²) in [6.45, 7) is 4.36. The van der Waals surface area contributed by atoms with E-state index >= 15 is 0 Å². The number of pyridine rings is 1. The van der Waals surface area contributed by atoms with Gasteiger partial charge in [-0.15, -0.1) is 0 Å². The van der Waals surface area contributed by atoms with Crippen LogP contribution in [-0.2, 0) is 6.54 Å². The average molecular weight is 295 g/mol. The molecule has 0 saturated carbocycles. The largest absolute Gasteiger partial charge is 0.476 e. The Labute approximate surface area is 121 Å². The summed E-state index contributed by atoms with van der Waals surface area (Å²) in [5, 5.41) is 13.0. The van der Waals surface area contributed by atoms with E-state index in [2.05, 4.69) is 15.2 Å². The Balaban J connectivity index is 2.02. The summed E-state index contributed by atoms with van der Waals surface area (Å²) in [4.78, 5) is 17.8. The van der Waals surface area contributed by atoms with Crippen molar-refractivity contribution in [3.63, 3.8) is 0 Å². The fourth-order valence-electron chi connectivity index (χ4n) is 2.49. The highest BCUT2D eigenvalue weighted by molar-refractivity contribution is 6.34. The number of carboxylic acids is 1. The quantitative estimate of drug-likeness (QED) is 0.887. The summed E-state index contributed by atoms with van der Waals surface area (Å²) in [5.74, 6) is -0.344. The molecule has 0 amide bonds. The Morgan fingerprint density at radius 2 is 2.20 bits per heavy atom. The minimum Gasteiger partial charge on any atom is -0.476 e. The standard InChI is InChI=1S/C13H15ClN4O2/c14-9-2-1-5-18-10(8-17-6-3-15-4-7-17)16-11(12(9)18)13(19)20/h1-2,5,15H,3-4,6-8H2,(H,19,20). The number of fused-ring (bicyclic) bond motifs is 1. The summed E-state index contributed by atoms with van der Waals surface area (Å²) in [6, 6.07) is 3.48. The topological polar surface area (TPSA) is 69.9 Å². The molecule has 1 fully saturated rings. The van der Waals surface area contributed by atoms with Gasteiger partial charge in [-0.25, -0.2) is 9.78 Å². The van der Waals surface area contributed by atoms with Gasteiger partial charge < -0.3 is 14.8 Å². The summed E-state index contributed by atoms with van der Waals surface area (Å²) in [5.41, 5.74) is 0.479. The third-order valence-corrected chi connectivity index (χ3v) is 3.77. The number of nitrogens with zero attached hydrogens (tertiary/aromatic N) is 3. The van der Waals surface area contributed by atoms with E-state index in [0.717, 1.165) is 26.2 Å². The monoisotopic (exact) mass is 294 g/mol. The molecule has 0 radical (unpaired) electrons. The number of hydrogen-bond donors (Lipinski definition) is 2. The predicted molar refractivity (Wildman–Crippen MR) is 75.3 cm³/mol. The van der Waals surface area contributed by atoms with E-state index in [0.29, 0.717) is 22.9 Å². The summed E-state index contributed by atoms with van der Waals surface area (Å²) >= 11 is 6.11. The third-order valence-electron chi connectivity index (χ3n) is 3.47. The molecule has 106 valence electrons. The van der Waals surface area contributed by atoms with Gasteiger partial charge in [0.15, 0.2) is 5.69 Å². The predicted octanol–water partition coefficient (Wildman–Crippen LogP) is 1.09. The van der Waals surface area contributed by atoms with Gasteiger partial charge in [0.05, 0.1) is 17.1 Å². The third kappa shape index (κ3) is 2.37. The van der Waals surface area contributed by atoms with Crippen LogP contribution in [-0.4, -0.2) is 51.5 Å². The maximum Gasteiger partial charge on any atom is 0.356 e. The Hall–Kier alpha value is -1.63. The molecular weight excluding hydrogens is 280 g/mol. The van der Waals surface area contributed by atoms with Gasteiger partial charge in [-0.05, 0) is 12.1 Å². The minimum atomic E-state index is -1.05. The Morgan fingerprint density at radius 1 is 1.45 bits per heavy atom. The Morgan fingerprint density at radius 3 is 2.90 bits per heavy atom. The SMILES string of the molecule is O=C(O)c1nc(CN2CCNCC2)n2cccc(Cl)c12. The first-order chi connectivity index (χ1) is 9.66. The first-order valence-corrected chi connectivity index (χ1v) is 6.86. The molecule has 0 spiro atoms. The zero-order valence-electron chi connectivity index (χ0n) is 10.8. The van der Waals surface area contributed by atoms with Crippen molar-refractivity contribution in [2.75, 3.05) is 26.2 Å². The number of carbonyl (C=O) groups is 1. The van der Waals surface area contributed by atoms with Crippen molar-refractivity contribution in [1.82, 2.24) is 19.6 Å². The molecule has 0 atom stereocenters. The van der Waals surface area contributed by atoms with Gasteiger partial charge >= 0.3 is 5.97 Å². The number of aromatic nitrogens is 2. The van der Waals surface area contributed by atoms with E-state index in [1.54, 1.807) is 22.7 Å². The van der Waals surface area contributed by atoms with Crippen molar-refractivity contribution in [3.05, 3.63) is 34.9 Å². The fraction of sp³-hybridized carbons (Fsp3) is 0.385. The highest BCUT2D eigenvalue weighted by atomic mass is 35.5. The minimum absolute atomic E-state index is 0.0146. The van der Waals surface area contributed by atoms with E-state index in [1.807, 2.05) is 0 Å². The van der Waals surface area contributed by atoms with Crippen LogP contribution in [0.3, 0.4) is 0 Å². The van der Waals surface area contributed by atoms with E-state index in [1.165, 1.54) is 0 Å². The van der Waals surface area contributed by atoms with Crippen molar-refractivity contribution in [3.8, 4) is 0 Å². The molecule has 3 heterocycles. The second kappa shape index (κ2) is 5.40. The van der Waals surface area contributed by atoms with Gasteiger partial charge in [0.1, 0.15) is 5.82 Å². The molecule has 0 unspecified atom stereocenters. The maximum absolute atomic E-state index is 11.3. The maximum atomic E-state index is 11.3. The number of piperazine rings is 1. The molecule has 1 aliphatic heterocycles. The average Bonchev–Trinajstić information content (AvgIpc) is 2.81. The molecule has 1 saturated heterocycles. The number of aromatic carboxylic acids is 1. The van der Waals surface area contributed by atoms with Crippen LogP contribution in [0.5, 0.6) is 0 Å². The van der Waals surface area contributed by atoms with Gasteiger partial charge in [-0.3, -0.25) is 4.90 Å². The molecule has 7 heteroatoms.